The van der Waals surface area contributed by atoms with Crippen LogP contribution in [0.3, 0.4) is 0 Å². The summed E-state index contributed by atoms with van der Waals surface area (Å²) in [6.45, 7) is 3.36. The summed E-state index contributed by atoms with van der Waals surface area (Å²) < 4.78 is 0. The van der Waals surface area contributed by atoms with Crippen molar-refractivity contribution in [2.24, 2.45) is 0 Å². The number of hydrogen-bond donors (Lipinski definition) is 2. The monoisotopic (exact) mass is 433 g/mol. The molecule has 0 spiro atoms. The highest BCUT2D eigenvalue weighted by Gasteiger charge is 2.24. The third-order valence-corrected chi connectivity index (χ3v) is 6.69. The van der Waals surface area contributed by atoms with Crippen molar-refractivity contribution in [2.75, 3.05) is 6.54 Å². The number of aromatic amines is 1. The highest BCUT2D eigenvalue weighted by Crippen LogP contribution is 2.24. The molecule has 0 bridgehead atoms. The van der Waals surface area contributed by atoms with E-state index in [0.717, 1.165) is 52.9 Å². The lowest BCUT2D eigenvalue weighted by atomic mass is 9.94. The average Bonchev–Trinajstić information content (AvgIpc) is 2.79. The van der Waals surface area contributed by atoms with Crippen LogP contribution in [0.5, 0.6) is 0 Å². The number of thiocarbonyl (C=S) groups is 1. The van der Waals surface area contributed by atoms with E-state index in [1.807, 2.05) is 31.2 Å². The van der Waals surface area contributed by atoms with E-state index in [1.165, 1.54) is 24.8 Å². The molecule has 0 amide bonds. The maximum absolute atomic E-state index is 12.9. The Morgan fingerprint density at radius 1 is 1.10 bits per heavy atom. The number of rotatable bonds is 6. The van der Waals surface area contributed by atoms with Crippen LogP contribution in [0.4, 0.5) is 0 Å². The molecule has 162 valence electrons. The fourth-order valence-electron chi connectivity index (χ4n) is 4.55. The van der Waals surface area contributed by atoms with Gasteiger partial charge in [-0.2, -0.15) is 0 Å². The molecule has 4 nitrogen and oxygen atoms in total. The molecule has 31 heavy (non-hydrogen) atoms. The molecule has 1 heterocycles. The lowest BCUT2D eigenvalue weighted by Crippen LogP contribution is -2.47. The molecule has 0 aliphatic heterocycles. The molecule has 2 aromatic carbocycles. The summed E-state index contributed by atoms with van der Waals surface area (Å²) in [6, 6.07) is 19.0. The molecule has 4 rings (SSSR count). The Morgan fingerprint density at radius 2 is 1.87 bits per heavy atom. The van der Waals surface area contributed by atoms with Gasteiger partial charge in [-0.25, -0.2) is 0 Å². The normalized spacial score (nSPS) is 14.5. The summed E-state index contributed by atoms with van der Waals surface area (Å²) in [5.74, 6) is 0. The molecule has 2 N–H and O–H groups in total. The third-order valence-electron chi connectivity index (χ3n) is 6.31. The molecular weight excluding hydrogens is 402 g/mol. The van der Waals surface area contributed by atoms with Crippen molar-refractivity contribution in [1.82, 2.24) is 15.2 Å². The summed E-state index contributed by atoms with van der Waals surface area (Å²) in [4.78, 5) is 18.2. The fourth-order valence-corrected chi connectivity index (χ4v) is 4.86. The number of benzene rings is 2. The molecule has 1 aliphatic carbocycles. The van der Waals surface area contributed by atoms with Gasteiger partial charge in [-0.1, -0.05) is 67.8 Å². The second-order valence-electron chi connectivity index (χ2n) is 8.55. The molecular formula is C26H31N3OS. The van der Waals surface area contributed by atoms with Gasteiger partial charge in [0.2, 0.25) is 0 Å². The first kappa shape index (κ1) is 21.6. The van der Waals surface area contributed by atoms with E-state index in [0.29, 0.717) is 12.6 Å². The van der Waals surface area contributed by atoms with Crippen molar-refractivity contribution in [1.29, 1.82) is 0 Å². The summed E-state index contributed by atoms with van der Waals surface area (Å²) in [5, 5.41) is 5.29. The third kappa shape index (κ3) is 5.34. The van der Waals surface area contributed by atoms with E-state index in [2.05, 4.69) is 45.5 Å². The Hall–Kier alpha value is -2.66. The molecule has 1 aliphatic rings. The minimum atomic E-state index is -0.0188. The zero-order chi connectivity index (χ0) is 21.6. The Kier molecular flexibility index (Phi) is 7.03. The van der Waals surface area contributed by atoms with Crippen molar-refractivity contribution in [3.8, 4) is 0 Å². The van der Waals surface area contributed by atoms with Crippen LogP contribution in [0.2, 0.25) is 0 Å². The molecule has 3 aromatic rings. The van der Waals surface area contributed by atoms with Gasteiger partial charge in [0.1, 0.15) is 0 Å². The highest BCUT2D eigenvalue weighted by molar-refractivity contribution is 7.80. The number of pyridine rings is 1. The Balaban J connectivity index is 1.52. The van der Waals surface area contributed by atoms with Crippen LogP contribution in [-0.2, 0) is 13.0 Å². The first-order valence-electron chi connectivity index (χ1n) is 11.3. The van der Waals surface area contributed by atoms with E-state index in [4.69, 9.17) is 12.2 Å². The zero-order valence-corrected chi connectivity index (χ0v) is 19.0. The van der Waals surface area contributed by atoms with E-state index in [-0.39, 0.29) is 5.56 Å². The van der Waals surface area contributed by atoms with Gasteiger partial charge in [0.25, 0.3) is 5.56 Å². The Bertz CT molecular complexity index is 1090. The van der Waals surface area contributed by atoms with E-state index < -0.39 is 0 Å². The van der Waals surface area contributed by atoms with E-state index >= 15 is 0 Å². The van der Waals surface area contributed by atoms with Crippen molar-refractivity contribution in [3.63, 3.8) is 0 Å². The van der Waals surface area contributed by atoms with Crippen molar-refractivity contribution >= 4 is 28.2 Å². The van der Waals surface area contributed by atoms with E-state index in [1.54, 1.807) is 0 Å². The first-order chi connectivity index (χ1) is 15.1. The van der Waals surface area contributed by atoms with Gasteiger partial charge in [-0.3, -0.25) is 4.79 Å². The molecule has 0 radical (unpaired) electrons. The number of nitrogens with one attached hydrogen (secondary N) is 2. The van der Waals surface area contributed by atoms with Gasteiger partial charge in [-0.15, -0.1) is 0 Å². The lowest BCUT2D eigenvalue weighted by Gasteiger charge is -2.36. The number of hydrogen-bond acceptors (Lipinski definition) is 2. The van der Waals surface area contributed by atoms with Crippen LogP contribution >= 0.6 is 12.2 Å². The van der Waals surface area contributed by atoms with Crippen LogP contribution in [0, 0.1) is 6.92 Å². The molecule has 0 unspecified atom stereocenters. The smallest absolute Gasteiger partial charge is 0.253 e. The maximum atomic E-state index is 12.9. The minimum absolute atomic E-state index is 0.0188. The largest absolute Gasteiger partial charge is 0.362 e. The van der Waals surface area contributed by atoms with Crippen LogP contribution in [0.15, 0.2) is 59.4 Å². The van der Waals surface area contributed by atoms with Gasteiger partial charge in [0.15, 0.2) is 5.11 Å². The zero-order valence-electron chi connectivity index (χ0n) is 18.2. The standard InChI is InChI=1S/C26H31N3OS/c1-19-9-8-12-21-17-22(25(30)28-24(19)21)18-29(23-13-6-3-7-14-23)26(31)27-16-15-20-10-4-2-5-11-20/h2,4-5,8-12,17,23H,3,6-7,13-16,18H2,1H3,(H,27,31)(H,28,30). The molecule has 0 atom stereocenters. The Morgan fingerprint density at radius 3 is 2.65 bits per heavy atom. The van der Waals surface area contributed by atoms with Crippen molar-refractivity contribution in [3.05, 3.63) is 81.6 Å². The number of aryl methyl sites for hydroxylation is 1. The number of para-hydroxylation sites is 1. The molecule has 1 aromatic heterocycles. The molecule has 1 fully saturated rings. The van der Waals surface area contributed by atoms with Crippen molar-refractivity contribution in [2.45, 2.75) is 58.0 Å². The summed E-state index contributed by atoms with van der Waals surface area (Å²) in [5.41, 5.74) is 4.06. The quantitative estimate of drug-likeness (QED) is 0.532. The fraction of sp³-hybridized carbons (Fsp3) is 0.385. The summed E-state index contributed by atoms with van der Waals surface area (Å²) >= 11 is 5.83. The van der Waals surface area contributed by atoms with Crippen LogP contribution in [0.25, 0.3) is 10.9 Å². The number of H-pyrrole nitrogens is 1. The molecule has 5 heteroatoms. The highest BCUT2D eigenvalue weighted by atomic mass is 32.1. The first-order valence-corrected chi connectivity index (χ1v) is 11.7. The summed E-state index contributed by atoms with van der Waals surface area (Å²) in [7, 11) is 0. The van der Waals surface area contributed by atoms with Gasteiger partial charge in [-0.05, 0) is 61.0 Å². The van der Waals surface area contributed by atoms with Crippen LogP contribution in [0.1, 0.15) is 48.8 Å². The number of nitrogens with zero attached hydrogens (tertiary/aromatic N) is 1. The topological polar surface area (TPSA) is 48.1 Å². The SMILES string of the molecule is Cc1cccc2cc(CN(C(=S)NCCc3ccccc3)C3CCCCC3)c(=O)[nH]c12. The Labute approximate surface area is 189 Å². The second-order valence-corrected chi connectivity index (χ2v) is 8.94. The number of fused-ring (bicyclic) bond motifs is 1. The predicted octanol–water partition coefficient (Wildman–Crippen LogP) is 5.09. The minimum Gasteiger partial charge on any atom is -0.362 e. The second kappa shape index (κ2) is 10.1. The van der Waals surface area contributed by atoms with Crippen LogP contribution < -0.4 is 10.9 Å². The van der Waals surface area contributed by atoms with Gasteiger partial charge in [0.05, 0.1) is 12.1 Å². The molecule has 1 saturated carbocycles. The molecule has 0 saturated heterocycles. The average molecular weight is 434 g/mol. The van der Waals surface area contributed by atoms with Crippen LogP contribution in [-0.4, -0.2) is 27.6 Å². The van der Waals surface area contributed by atoms with Gasteiger partial charge in [0, 0.05) is 18.2 Å². The number of aromatic nitrogens is 1. The lowest BCUT2D eigenvalue weighted by molar-refractivity contribution is 0.234. The van der Waals surface area contributed by atoms with Crippen molar-refractivity contribution < 1.29 is 0 Å². The summed E-state index contributed by atoms with van der Waals surface area (Å²) in [6.07, 6.45) is 6.92. The maximum Gasteiger partial charge on any atom is 0.253 e. The van der Waals surface area contributed by atoms with E-state index in [9.17, 15) is 4.79 Å². The van der Waals surface area contributed by atoms with Gasteiger partial charge >= 0.3 is 0 Å². The predicted molar refractivity (Wildman–Crippen MR) is 132 cm³/mol. The van der Waals surface area contributed by atoms with Gasteiger partial charge < -0.3 is 15.2 Å².